The fourth-order valence-electron chi connectivity index (χ4n) is 2.06. The molecule has 0 aromatic carbocycles. The van der Waals surface area contributed by atoms with E-state index in [-0.39, 0.29) is 0 Å². The minimum atomic E-state index is 0.359. The molecule has 1 saturated heterocycles. The van der Waals surface area contributed by atoms with Crippen molar-refractivity contribution in [3.05, 3.63) is 22.4 Å². The van der Waals surface area contributed by atoms with Gasteiger partial charge in [-0.2, -0.15) is 0 Å². The number of rotatable bonds is 2. The maximum atomic E-state index is 6.02. The second kappa shape index (κ2) is 4.01. The molecule has 2 N–H and O–H groups in total. The third kappa shape index (κ3) is 1.85. The molecule has 0 amide bonds. The first-order valence-corrected chi connectivity index (χ1v) is 6.09. The molecule has 1 fully saturated rings. The Labute approximate surface area is 89.7 Å². The summed E-state index contributed by atoms with van der Waals surface area (Å²) in [5.74, 6) is 0.636. The van der Waals surface area contributed by atoms with E-state index in [0.717, 1.165) is 13.1 Å². The van der Waals surface area contributed by atoms with Crippen LogP contribution in [0.5, 0.6) is 0 Å². The predicted molar refractivity (Wildman–Crippen MR) is 61.4 cm³/mol. The first-order valence-electron chi connectivity index (χ1n) is 5.21. The van der Waals surface area contributed by atoms with Crippen molar-refractivity contribution < 1.29 is 0 Å². The summed E-state index contributed by atoms with van der Waals surface area (Å²) in [6, 6.07) is 5.23. The first kappa shape index (κ1) is 10.1. The third-order valence-electron chi connectivity index (χ3n) is 3.20. The fourth-order valence-corrected chi connectivity index (χ4v) is 2.87. The van der Waals surface area contributed by atoms with E-state index in [0.29, 0.717) is 18.0 Å². The molecule has 3 unspecified atom stereocenters. The summed E-state index contributed by atoms with van der Waals surface area (Å²) in [5, 5.41) is 2.14. The summed E-state index contributed by atoms with van der Waals surface area (Å²) in [4.78, 5) is 3.94. The van der Waals surface area contributed by atoms with Gasteiger partial charge in [-0.25, -0.2) is 0 Å². The lowest BCUT2D eigenvalue weighted by atomic mass is 10.1. The highest BCUT2D eigenvalue weighted by molar-refractivity contribution is 7.10. The van der Waals surface area contributed by atoms with Gasteiger partial charge in [-0.15, -0.1) is 11.3 Å². The number of nitrogens with zero attached hydrogens (tertiary/aromatic N) is 1. The molecule has 3 atom stereocenters. The molecule has 1 aromatic rings. The van der Waals surface area contributed by atoms with E-state index in [4.69, 9.17) is 5.73 Å². The van der Waals surface area contributed by atoms with Crippen LogP contribution in [-0.2, 0) is 0 Å². The van der Waals surface area contributed by atoms with Crippen molar-refractivity contribution in [3.63, 3.8) is 0 Å². The monoisotopic (exact) mass is 210 g/mol. The van der Waals surface area contributed by atoms with Gasteiger partial charge in [-0.1, -0.05) is 13.0 Å². The number of thiophene rings is 1. The number of likely N-dealkylation sites (tertiary alicyclic amines) is 1. The summed E-state index contributed by atoms with van der Waals surface area (Å²) in [6.07, 6.45) is 0. The summed E-state index contributed by atoms with van der Waals surface area (Å²) < 4.78 is 0. The van der Waals surface area contributed by atoms with Crippen molar-refractivity contribution in [2.45, 2.75) is 25.9 Å². The molecule has 2 nitrogen and oxygen atoms in total. The van der Waals surface area contributed by atoms with Crippen molar-refractivity contribution in [3.8, 4) is 0 Å². The van der Waals surface area contributed by atoms with Crippen LogP contribution in [0.1, 0.15) is 24.8 Å². The van der Waals surface area contributed by atoms with E-state index >= 15 is 0 Å². The predicted octanol–water partition coefficient (Wildman–Crippen LogP) is 2.09. The first-order chi connectivity index (χ1) is 6.68. The van der Waals surface area contributed by atoms with Crippen LogP contribution in [0.4, 0.5) is 0 Å². The lowest BCUT2D eigenvalue weighted by Gasteiger charge is -2.22. The topological polar surface area (TPSA) is 29.3 Å². The number of nitrogens with two attached hydrogens (primary N) is 1. The summed E-state index contributed by atoms with van der Waals surface area (Å²) in [6.45, 7) is 6.70. The second-order valence-corrected chi connectivity index (χ2v) is 5.27. The minimum Gasteiger partial charge on any atom is -0.326 e. The molecular weight excluding hydrogens is 192 g/mol. The van der Waals surface area contributed by atoms with Crippen molar-refractivity contribution in [2.24, 2.45) is 11.7 Å². The fraction of sp³-hybridized carbons (Fsp3) is 0.636. The Morgan fingerprint density at radius 2 is 2.36 bits per heavy atom. The van der Waals surface area contributed by atoms with Crippen LogP contribution in [-0.4, -0.2) is 24.0 Å². The van der Waals surface area contributed by atoms with E-state index in [1.807, 2.05) is 11.3 Å². The highest BCUT2D eigenvalue weighted by atomic mass is 32.1. The van der Waals surface area contributed by atoms with Gasteiger partial charge in [-0.05, 0) is 24.3 Å². The lowest BCUT2D eigenvalue weighted by Crippen LogP contribution is -2.29. The Hall–Kier alpha value is -0.380. The van der Waals surface area contributed by atoms with Gasteiger partial charge in [0.1, 0.15) is 0 Å². The third-order valence-corrected chi connectivity index (χ3v) is 4.24. The molecule has 1 aliphatic heterocycles. The van der Waals surface area contributed by atoms with Crippen molar-refractivity contribution in [2.75, 3.05) is 13.1 Å². The van der Waals surface area contributed by atoms with Gasteiger partial charge in [0.2, 0.25) is 0 Å². The molecule has 0 saturated carbocycles. The number of hydrogen-bond donors (Lipinski definition) is 1. The van der Waals surface area contributed by atoms with Crippen LogP contribution in [0.3, 0.4) is 0 Å². The quantitative estimate of drug-likeness (QED) is 0.810. The van der Waals surface area contributed by atoms with E-state index in [9.17, 15) is 0 Å². The summed E-state index contributed by atoms with van der Waals surface area (Å²) >= 11 is 1.84. The van der Waals surface area contributed by atoms with E-state index < -0.39 is 0 Å². The van der Waals surface area contributed by atoms with Gasteiger partial charge < -0.3 is 5.73 Å². The van der Waals surface area contributed by atoms with Crippen LogP contribution in [0.2, 0.25) is 0 Å². The van der Waals surface area contributed by atoms with Gasteiger partial charge in [0.25, 0.3) is 0 Å². The molecular formula is C11H18N2S. The standard InChI is InChI=1S/C11H18N2S/c1-8-6-13(7-10(8)12)9(2)11-4-3-5-14-11/h3-5,8-10H,6-7,12H2,1-2H3. The Balaban J connectivity index is 2.03. The highest BCUT2D eigenvalue weighted by Crippen LogP contribution is 2.29. The SMILES string of the molecule is CC1CN(C(C)c2cccs2)CC1N. The van der Waals surface area contributed by atoms with Gasteiger partial charge >= 0.3 is 0 Å². The average molecular weight is 210 g/mol. The smallest absolute Gasteiger partial charge is 0.0414 e. The zero-order valence-electron chi connectivity index (χ0n) is 8.81. The van der Waals surface area contributed by atoms with Crippen molar-refractivity contribution >= 4 is 11.3 Å². The van der Waals surface area contributed by atoms with E-state index in [1.54, 1.807) is 0 Å². The van der Waals surface area contributed by atoms with Gasteiger partial charge in [0, 0.05) is 30.1 Å². The van der Waals surface area contributed by atoms with E-state index in [2.05, 4.69) is 36.3 Å². The normalized spacial score (nSPS) is 30.8. The van der Waals surface area contributed by atoms with Crippen LogP contribution < -0.4 is 5.73 Å². The lowest BCUT2D eigenvalue weighted by molar-refractivity contribution is 0.257. The van der Waals surface area contributed by atoms with Crippen LogP contribution in [0, 0.1) is 5.92 Å². The van der Waals surface area contributed by atoms with Gasteiger partial charge in [0.05, 0.1) is 0 Å². The second-order valence-electron chi connectivity index (χ2n) is 4.29. The Morgan fingerprint density at radius 1 is 1.57 bits per heavy atom. The molecule has 0 bridgehead atoms. The molecule has 0 aliphatic carbocycles. The zero-order chi connectivity index (χ0) is 10.1. The Bertz CT molecular complexity index is 273. The van der Waals surface area contributed by atoms with Crippen LogP contribution in [0.25, 0.3) is 0 Å². The maximum absolute atomic E-state index is 6.02. The van der Waals surface area contributed by atoms with Gasteiger partial charge in [-0.3, -0.25) is 4.90 Å². The molecule has 0 spiro atoms. The average Bonchev–Trinajstić information content (AvgIpc) is 2.76. The minimum absolute atomic E-state index is 0.359. The van der Waals surface area contributed by atoms with Crippen LogP contribution >= 0.6 is 11.3 Å². The molecule has 14 heavy (non-hydrogen) atoms. The van der Waals surface area contributed by atoms with Crippen molar-refractivity contribution in [1.82, 2.24) is 4.90 Å². The molecule has 0 radical (unpaired) electrons. The molecule has 2 rings (SSSR count). The molecule has 1 aromatic heterocycles. The van der Waals surface area contributed by atoms with Gasteiger partial charge in [0.15, 0.2) is 0 Å². The molecule has 78 valence electrons. The summed E-state index contributed by atoms with van der Waals surface area (Å²) in [7, 11) is 0. The molecule has 3 heteroatoms. The molecule has 1 aliphatic rings. The molecule has 2 heterocycles. The Morgan fingerprint density at radius 3 is 2.86 bits per heavy atom. The zero-order valence-corrected chi connectivity index (χ0v) is 9.63. The Kier molecular flexibility index (Phi) is 2.91. The summed E-state index contributed by atoms with van der Waals surface area (Å²) in [5.41, 5.74) is 6.02. The van der Waals surface area contributed by atoms with Crippen LogP contribution in [0.15, 0.2) is 17.5 Å². The van der Waals surface area contributed by atoms with Crippen molar-refractivity contribution in [1.29, 1.82) is 0 Å². The maximum Gasteiger partial charge on any atom is 0.0414 e. The highest BCUT2D eigenvalue weighted by Gasteiger charge is 2.30. The largest absolute Gasteiger partial charge is 0.326 e. The van der Waals surface area contributed by atoms with E-state index in [1.165, 1.54) is 4.88 Å². The number of hydrogen-bond acceptors (Lipinski definition) is 3.